The van der Waals surface area contributed by atoms with Crippen molar-refractivity contribution in [3.63, 3.8) is 0 Å². The Morgan fingerprint density at radius 2 is 1.17 bits per heavy atom. The standard InChI is InChI=1S/C19H17F9N2/c1-30(2)16-4-3-13(17(20,21)22)7-12(16)10-29-9-11-5-14(18(23,24)25)8-15(6-11)19(26,27)28/h3-8,29H,9-10H2,1-2H3. The molecule has 2 rings (SSSR count). The van der Waals surface area contributed by atoms with Crippen LogP contribution in [0, 0.1) is 0 Å². The molecule has 2 nitrogen and oxygen atoms in total. The third-order valence-electron chi connectivity index (χ3n) is 4.18. The van der Waals surface area contributed by atoms with Crippen LogP contribution in [0.2, 0.25) is 0 Å². The molecule has 2 aromatic carbocycles. The van der Waals surface area contributed by atoms with Crippen LogP contribution in [0.4, 0.5) is 45.2 Å². The molecule has 0 aliphatic rings. The maximum atomic E-state index is 13.0. The van der Waals surface area contributed by atoms with Gasteiger partial charge in [0.25, 0.3) is 0 Å². The average molecular weight is 444 g/mol. The number of alkyl halides is 9. The van der Waals surface area contributed by atoms with Gasteiger partial charge in [0.05, 0.1) is 16.7 Å². The molecule has 0 aromatic heterocycles. The van der Waals surface area contributed by atoms with Gasteiger partial charge in [0.1, 0.15) is 0 Å². The molecule has 11 heteroatoms. The number of anilines is 1. The normalized spacial score (nSPS) is 12.9. The molecule has 30 heavy (non-hydrogen) atoms. The molecular formula is C19H17F9N2. The van der Waals surface area contributed by atoms with Crippen molar-refractivity contribution in [1.29, 1.82) is 0 Å². The summed E-state index contributed by atoms with van der Waals surface area (Å²) in [6.45, 7) is -0.606. The lowest BCUT2D eigenvalue weighted by Gasteiger charge is -2.20. The second-order valence-electron chi connectivity index (χ2n) is 6.75. The monoisotopic (exact) mass is 444 g/mol. The number of halogens is 9. The Morgan fingerprint density at radius 3 is 1.60 bits per heavy atom. The first kappa shape index (κ1) is 23.8. The van der Waals surface area contributed by atoms with Crippen molar-refractivity contribution in [2.45, 2.75) is 31.6 Å². The lowest BCUT2D eigenvalue weighted by molar-refractivity contribution is -0.143. The van der Waals surface area contributed by atoms with Gasteiger partial charge in [-0.25, -0.2) is 0 Å². The SMILES string of the molecule is CN(C)c1ccc(C(F)(F)F)cc1CNCc1cc(C(F)(F)F)cc(C(F)(F)F)c1. The molecule has 0 saturated heterocycles. The average Bonchev–Trinajstić information content (AvgIpc) is 2.59. The van der Waals surface area contributed by atoms with Gasteiger partial charge in [-0.3, -0.25) is 0 Å². The molecule has 0 atom stereocenters. The van der Waals surface area contributed by atoms with E-state index in [0.29, 0.717) is 17.8 Å². The van der Waals surface area contributed by atoms with E-state index in [1.807, 2.05) is 0 Å². The van der Waals surface area contributed by atoms with Crippen LogP contribution in [-0.4, -0.2) is 14.1 Å². The van der Waals surface area contributed by atoms with E-state index in [0.717, 1.165) is 12.1 Å². The third kappa shape index (κ3) is 6.04. The van der Waals surface area contributed by atoms with Gasteiger partial charge in [-0.2, -0.15) is 39.5 Å². The molecule has 0 aliphatic heterocycles. The minimum atomic E-state index is -4.98. The minimum absolute atomic E-state index is 0.0143. The van der Waals surface area contributed by atoms with E-state index < -0.39 is 41.8 Å². The van der Waals surface area contributed by atoms with Crippen molar-refractivity contribution in [3.05, 3.63) is 64.2 Å². The number of nitrogens with one attached hydrogen (secondary N) is 1. The van der Waals surface area contributed by atoms with E-state index in [2.05, 4.69) is 5.32 Å². The Hall–Kier alpha value is -2.43. The van der Waals surface area contributed by atoms with Gasteiger partial charge in [0.15, 0.2) is 0 Å². The summed E-state index contributed by atoms with van der Waals surface area (Å²) in [6, 6.07) is 4.17. The Kier molecular flexibility index (Phi) is 6.65. The largest absolute Gasteiger partial charge is 0.416 e. The fraction of sp³-hybridized carbons (Fsp3) is 0.368. The van der Waals surface area contributed by atoms with Gasteiger partial charge in [0, 0.05) is 32.9 Å². The van der Waals surface area contributed by atoms with E-state index >= 15 is 0 Å². The Morgan fingerprint density at radius 1 is 0.667 bits per heavy atom. The molecule has 0 radical (unpaired) electrons. The highest BCUT2D eigenvalue weighted by atomic mass is 19.4. The van der Waals surface area contributed by atoms with Crippen molar-refractivity contribution in [1.82, 2.24) is 5.32 Å². The molecule has 0 amide bonds. The molecule has 0 aliphatic carbocycles. The van der Waals surface area contributed by atoms with Crippen LogP contribution in [0.1, 0.15) is 27.8 Å². The topological polar surface area (TPSA) is 15.3 Å². The number of hydrogen-bond acceptors (Lipinski definition) is 2. The Bertz CT molecular complexity index is 849. The van der Waals surface area contributed by atoms with Crippen LogP contribution < -0.4 is 10.2 Å². The maximum Gasteiger partial charge on any atom is 0.416 e. The third-order valence-corrected chi connectivity index (χ3v) is 4.18. The zero-order valence-electron chi connectivity index (χ0n) is 15.7. The fourth-order valence-corrected chi connectivity index (χ4v) is 2.80. The number of nitrogens with zero attached hydrogens (tertiary/aromatic N) is 1. The van der Waals surface area contributed by atoms with Gasteiger partial charge < -0.3 is 10.2 Å². The molecule has 0 fully saturated rings. The molecular weight excluding hydrogens is 427 g/mol. The van der Waals surface area contributed by atoms with Gasteiger partial charge in [-0.05, 0) is 47.5 Å². The van der Waals surface area contributed by atoms with Crippen molar-refractivity contribution < 1.29 is 39.5 Å². The highest BCUT2D eigenvalue weighted by Gasteiger charge is 2.37. The van der Waals surface area contributed by atoms with Crippen molar-refractivity contribution in [3.8, 4) is 0 Å². The second kappa shape index (κ2) is 8.37. The number of hydrogen-bond donors (Lipinski definition) is 1. The fourth-order valence-electron chi connectivity index (χ4n) is 2.80. The van der Waals surface area contributed by atoms with E-state index in [-0.39, 0.29) is 23.7 Å². The van der Waals surface area contributed by atoms with Crippen LogP contribution in [0.15, 0.2) is 36.4 Å². The molecule has 0 saturated carbocycles. The van der Waals surface area contributed by atoms with Crippen LogP contribution >= 0.6 is 0 Å². The predicted octanol–water partition coefficient (Wildman–Crippen LogP) is 6.10. The van der Waals surface area contributed by atoms with Gasteiger partial charge >= 0.3 is 18.5 Å². The summed E-state index contributed by atoms with van der Waals surface area (Å²) in [5, 5.41) is 2.62. The summed E-state index contributed by atoms with van der Waals surface area (Å²) in [4.78, 5) is 1.54. The molecule has 1 N–H and O–H groups in total. The van der Waals surface area contributed by atoms with Gasteiger partial charge in [-0.1, -0.05) is 0 Å². The number of benzene rings is 2. The lowest BCUT2D eigenvalue weighted by Crippen LogP contribution is -2.19. The van der Waals surface area contributed by atoms with Crippen molar-refractivity contribution in [2.75, 3.05) is 19.0 Å². The molecule has 166 valence electrons. The van der Waals surface area contributed by atoms with E-state index in [1.165, 1.54) is 6.07 Å². The highest BCUT2D eigenvalue weighted by molar-refractivity contribution is 5.54. The van der Waals surface area contributed by atoms with Crippen LogP contribution in [0.25, 0.3) is 0 Å². The van der Waals surface area contributed by atoms with Crippen molar-refractivity contribution >= 4 is 5.69 Å². The molecule has 0 unspecified atom stereocenters. The highest BCUT2D eigenvalue weighted by Crippen LogP contribution is 2.36. The van der Waals surface area contributed by atoms with Crippen LogP contribution in [-0.2, 0) is 31.6 Å². The summed E-state index contributed by atoms with van der Waals surface area (Å²) < 4.78 is 116. The van der Waals surface area contributed by atoms with Gasteiger partial charge in [0.2, 0.25) is 0 Å². The molecule has 0 spiro atoms. The Balaban J connectivity index is 2.28. The molecule has 2 aromatic rings. The molecule has 0 bridgehead atoms. The summed E-state index contributed by atoms with van der Waals surface area (Å²) in [7, 11) is 3.18. The lowest BCUT2D eigenvalue weighted by atomic mass is 10.0. The van der Waals surface area contributed by atoms with Crippen LogP contribution in [0.3, 0.4) is 0 Å². The van der Waals surface area contributed by atoms with Crippen LogP contribution in [0.5, 0.6) is 0 Å². The second-order valence-corrected chi connectivity index (χ2v) is 6.75. The summed E-state index contributed by atoms with van der Waals surface area (Å²) >= 11 is 0. The number of rotatable bonds is 5. The first-order valence-corrected chi connectivity index (χ1v) is 8.45. The van der Waals surface area contributed by atoms with E-state index in [1.54, 1.807) is 19.0 Å². The first-order chi connectivity index (χ1) is 13.6. The van der Waals surface area contributed by atoms with Gasteiger partial charge in [-0.15, -0.1) is 0 Å². The minimum Gasteiger partial charge on any atom is -0.377 e. The summed E-state index contributed by atoms with van der Waals surface area (Å²) in [6.07, 6.45) is -14.5. The van der Waals surface area contributed by atoms with Crippen molar-refractivity contribution in [2.24, 2.45) is 0 Å². The molecule has 0 heterocycles. The maximum absolute atomic E-state index is 13.0. The Labute approximate surface area is 166 Å². The zero-order chi connectivity index (χ0) is 22.9. The zero-order valence-corrected chi connectivity index (χ0v) is 15.7. The first-order valence-electron chi connectivity index (χ1n) is 8.45. The predicted molar refractivity (Wildman–Crippen MR) is 92.8 cm³/mol. The summed E-state index contributed by atoms with van der Waals surface area (Å²) in [5.74, 6) is 0. The smallest absolute Gasteiger partial charge is 0.377 e. The quantitative estimate of drug-likeness (QED) is 0.561. The van der Waals surface area contributed by atoms with E-state index in [4.69, 9.17) is 0 Å². The van der Waals surface area contributed by atoms with E-state index in [9.17, 15) is 39.5 Å². The summed E-state index contributed by atoms with van der Waals surface area (Å²) in [5.41, 5.74) is -3.50.